The molecule has 1 aromatic heterocycles. The molecule has 1 aromatic carbocycles. The molecule has 0 saturated heterocycles. The lowest BCUT2D eigenvalue weighted by Gasteiger charge is -2.20. The highest BCUT2D eigenvalue weighted by atomic mass is 35.5. The predicted molar refractivity (Wildman–Crippen MR) is 83.5 cm³/mol. The molecule has 1 heterocycles. The number of nitrogens with one attached hydrogen (secondary N) is 1. The van der Waals surface area contributed by atoms with Crippen LogP contribution in [0.4, 0.5) is 0 Å². The van der Waals surface area contributed by atoms with E-state index in [1.165, 1.54) is 0 Å². The van der Waals surface area contributed by atoms with Gasteiger partial charge in [0.25, 0.3) is 0 Å². The molecule has 0 aliphatic rings. The van der Waals surface area contributed by atoms with Crippen LogP contribution in [-0.2, 0) is 6.42 Å². The van der Waals surface area contributed by atoms with Gasteiger partial charge in [0, 0.05) is 0 Å². The zero-order valence-electron chi connectivity index (χ0n) is 11.7. The third kappa shape index (κ3) is 3.11. The fraction of sp³-hybridized carbons (Fsp3) is 0.333. The highest BCUT2D eigenvalue weighted by Crippen LogP contribution is 2.30. The van der Waals surface area contributed by atoms with E-state index in [2.05, 4.69) is 28.5 Å². The number of hydrogen-bond donors (Lipinski definition) is 1. The van der Waals surface area contributed by atoms with Crippen LogP contribution in [0, 0.1) is 6.92 Å². The van der Waals surface area contributed by atoms with Crippen LogP contribution >= 0.6 is 23.2 Å². The van der Waals surface area contributed by atoms with Gasteiger partial charge in [-0.2, -0.15) is 10.2 Å². The number of benzene rings is 1. The molecule has 2 rings (SSSR count). The van der Waals surface area contributed by atoms with E-state index in [1.807, 2.05) is 32.2 Å². The largest absolute Gasteiger partial charge is 0.309 e. The lowest BCUT2D eigenvalue weighted by Crippen LogP contribution is -2.20. The molecule has 0 fully saturated rings. The first kappa shape index (κ1) is 15.2. The second-order valence-electron chi connectivity index (χ2n) is 4.64. The van der Waals surface area contributed by atoms with Gasteiger partial charge in [0.05, 0.1) is 27.5 Å². The van der Waals surface area contributed by atoms with Crippen molar-refractivity contribution in [3.8, 4) is 0 Å². The van der Waals surface area contributed by atoms with Gasteiger partial charge in [-0.05, 0) is 49.7 Å². The van der Waals surface area contributed by atoms with E-state index in [1.54, 1.807) is 0 Å². The summed E-state index contributed by atoms with van der Waals surface area (Å²) in [6, 6.07) is 7.77. The van der Waals surface area contributed by atoms with Gasteiger partial charge in [-0.3, -0.25) is 0 Å². The first-order valence-corrected chi connectivity index (χ1v) is 7.27. The molecule has 0 aliphatic heterocycles. The van der Waals surface area contributed by atoms with Crippen LogP contribution in [0.3, 0.4) is 0 Å². The van der Waals surface area contributed by atoms with Gasteiger partial charge in [-0.15, -0.1) is 0 Å². The predicted octanol–water partition coefficient (Wildman–Crippen LogP) is 3.96. The zero-order chi connectivity index (χ0) is 14.7. The van der Waals surface area contributed by atoms with Gasteiger partial charge in [0.2, 0.25) is 0 Å². The summed E-state index contributed by atoms with van der Waals surface area (Å²) in [7, 11) is 1.92. The number of rotatable bonds is 4. The van der Waals surface area contributed by atoms with Crippen molar-refractivity contribution in [3.63, 3.8) is 0 Å². The number of aromatic nitrogens is 2. The first-order valence-electron chi connectivity index (χ1n) is 6.52. The van der Waals surface area contributed by atoms with E-state index in [0.29, 0.717) is 10.0 Å². The van der Waals surface area contributed by atoms with Gasteiger partial charge in [-0.1, -0.05) is 36.2 Å². The molecule has 0 bridgehead atoms. The minimum atomic E-state index is 0.0221. The van der Waals surface area contributed by atoms with E-state index in [0.717, 1.165) is 28.9 Å². The fourth-order valence-corrected chi connectivity index (χ4v) is 2.56. The van der Waals surface area contributed by atoms with Gasteiger partial charge in [0.15, 0.2) is 0 Å². The highest BCUT2D eigenvalue weighted by molar-refractivity contribution is 6.42. The van der Waals surface area contributed by atoms with Gasteiger partial charge >= 0.3 is 0 Å². The van der Waals surface area contributed by atoms with Crippen LogP contribution in [0.25, 0.3) is 0 Å². The van der Waals surface area contributed by atoms with Crippen molar-refractivity contribution >= 4 is 23.2 Å². The molecule has 2 aromatic rings. The van der Waals surface area contributed by atoms with E-state index in [4.69, 9.17) is 23.2 Å². The Morgan fingerprint density at radius 2 is 1.90 bits per heavy atom. The highest BCUT2D eigenvalue weighted by Gasteiger charge is 2.17. The maximum Gasteiger partial charge on any atom is 0.0679 e. The van der Waals surface area contributed by atoms with Crippen LogP contribution < -0.4 is 5.32 Å². The average Bonchev–Trinajstić information content (AvgIpc) is 2.44. The summed E-state index contributed by atoms with van der Waals surface area (Å²) in [5.41, 5.74) is 4.07. The molecule has 1 atom stereocenters. The van der Waals surface area contributed by atoms with E-state index < -0.39 is 0 Å². The monoisotopic (exact) mass is 309 g/mol. The minimum Gasteiger partial charge on any atom is -0.309 e. The Balaban J connectivity index is 2.51. The van der Waals surface area contributed by atoms with Crippen LogP contribution in [0.1, 0.15) is 35.5 Å². The molecule has 0 amide bonds. The minimum absolute atomic E-state index is 0.0221. The smallest absolute Gasteiger partial charge is 0.0679 e. The first-order chi connectivity index (χ1) is 9.56. The van der Waals surface area contributed by atoms with E-state index in [-0.39, 0.29) is 6.04 Å². The third-order valence-electron chi connectivity index (χ3n) is 3.24. The normalized spacial score (nSPS) is 12.4. The van der Waals surface area contributed by atoms with Crippen molar-refractivity contribution in [2.75, 3.05) is 7.05 Å². The second-order valence-corrected chi connectivity index (χ2v) is 5.45. The number of nitrogens with zero attached hydrogens (tertiary/aromatic N) is 2. The standard InChI is InChI=1S/C15H17Cl2N3/c1-4-14-11(7-9(2)19-20-14)15(18-3)10-5-6-12(16)13(17)8-10/h5-8,15,18H,4H2,1-3H3. The van der Waals surface area contributed by atoms with Crippen LogP contribution in [0.15, 0.2) is 24.3 Å². The van der Waals surface area contributed by atoms with Crippen molar-refractivity contribution in [1.29, 1.82) is 0 Å². The molecular formula is C15H17Cl2N3. The van der Waals surface area contributed by atoms with E-state index in [9.17, 15) is 0 Å². The summed E-state index contributed by atoms with van der Waals surface area (Å²) in [6.45, 7) is 4.02. The maximum atomic E-state index is 6.12. The molecule has 20 heavy (non-hydrogen) atoms. The van der Waals surface area contributed by atoms with Crippen molar-refractivity contribution in [1.82, 2.24) is 15.5 Å². The number of hydrogen-bond acceptors (Lipinski definition) is 3. The lowest BCUT2D eigenvalue weighted by atomic mass is 9.96. The molecule has 106 valence electrons. The maximum absolute atomic E-state index is 6.12. The molecule has 5 heteroatoms. The molecule has 0 spiro atoms. The summed E-state index contributed by atoms with van der Waals surface area (Å²) >= 11 is 12.1. The Kier molecular flexibility index (Phi) is 4.97. The van der Waals surface area contributed by atoms with Gasteiger partial charge in [-0.25, -0.2) is 0 Å². The molecule has 1 unspecified atom stereocenters. The number of aryl methyl sites for hydroxylation is 2. The summed E-state index contributed by atoms with van der Waals surface area (Å²) < 4.78 is 0. The summed E-state index contributed by atoms with van der Waals surface area (Å²) in [4.78, 5) is 0. The van der Waals surface area contributed by atoms with Crippen molar-refractivity contribution in [3.05, 3.63) is 56.8 Å². The van der Waals surface area contributed by atoms with Crippen LogP contribution in [0.2, 0.25) is 10.0 Å². The fourth-order valence-electron chi connectivity index (χ4n) is 2.25. The second kappa shape index (κ2) is 6.53. The van der Waals surface area contributed by atoms with Gasteiger partial charge < -0.3 is 5.32 Å². The SMILES string of the molecule is CCc1nnc(C)cc1C(NC)c1ccc(Cl)c(Cl)c1. The van der Waals surface area contributed by atoms with Crippen molar-refractivity contribution < 1.29 is 0 Å². The third-order valence-corrected chi connectivity index (χ3v) is 3.98. The zero-order valence-corrected chi connectivity index (χ0v) is 13.3. The van der Waals surface area contributed by atoms with E-state index >= 15 is 0 Å². The molecule has 0 radical (unpaired) electrons. The van der Waals surface area contributed by atoms with Crippen molar-refractivity contribution in [2.24, 2.45) is 0 Å². The molecule has 3 nitrogen and oxygen atoms in total. The van der Waals surface area contributed by atoms with Crippen LogP contribution in [-0.4, -0.2) is 17.2 Å². The Hall–Kier alpha value is -1.16. The number of halogens is 2. The summed E-state index contributed by atoms with van der Waals surface area (Å²) in [5.74, 6) is 0. The average molecular weight is 310 g/mol. The molecule has 0 aliphatic carbocycles. The topological polar surface area (TPSA) is 37.8 Å². The van der Waals surface area contributed by atoms with Gasteiger partial charge in [0.1, 0.15) is 0 Å². The summed E-state index contributed by atoms with van der Waals surface area (Å²) in [6.07, 6.45) is 0.835. The Morgan fingerprint density at radius 3 is 2.50 bits per heavy atom. The van der Waals surface area contributed by atoms with Crippen molar-refractivity contribution in [2.45, 2.75) is 26.3 Å². The Morgan fingerprint density at radius 1 is 1.15 bits per heavy atom. The quantitative estimate of drug-likeness (QED) is 0.929. The lowest BCUT2D eigenvalue weighted by molar-refractivity contribution is 0.669. The summed E-state index contributed by atoms with van der Waals surface area (Å²) in [5, 5.41) is 12.8. The molecule has 1 N–H and O–H groups in total. The molecule has 0 saturated carbocycles. The van der Waals surface area contributed by atoms with Crippen LogP contribution in [0.5, 0.6) is 0 Å². The Labute approximate surface area is 129 Å². The Bertz CT molecular complexity index is 614. The molecular weight excluding hydrogens is 293 g/mol.